The van der Waals surface area contributed by atoms with E-state index in [1.165, 1.54) is 6.42 Å². The first-order chi connectivity index (χ1) is 9.18. The SMILES string of the molecule is CCC1C(=O)NC(C(C)(C)C)C(=O)N1CC1(C)CCC1. The molecule has 1 saturated heterocycles. The van der Waals surface area contributed by atoms with E-state index >= 15 is 0 Å². The molecule has 1 aliphatic heterocycles. The molecular formula is C16H28N2O2. The Morgan fingerprint density at radius 1 is 1.30 bits per heavy atom. The van der Waals surface area contributed by atoms with Crippen molar-refractivity contribution in [3.8, 4) is 0 Å². The van der Waals surface area contributed by atoms with Crippen molar-refractivity contribution in [1.82, 2.24) is 10.2 Å². The van der Waals surface area contributed by atoms with Gasteiger partial charge in [-0.05, 0) is 30.1 Å². The summed E-state index contributed by atoms with van der Waals surface area (Å²) >= 11 is 0. The van der Waals surface area contributed by atoms with Crippen LogP contribution in [0.3, 0.4) is 0 Å². The maximum absolute atomic E-state index is 12.8. The second-order valence-corrected chi connectivity index (χ2v) is 7.86. The van der Waals surface area contributed by atoms with E-state index in [-0.39, 0.29) is 28.7 Å². The zero-order chi connectivity index (χ0) is 15.1. The summed E-state index contributed by atoms with van der Waals surface area (Å²) in [7, 11) is 0. The summed E-state index contributed by atoms with van der Waals surface area (Å²) in [5, 5.41) is 2.93. The van der Waals surface area contributed by atoms with Crippen LogP contribution < -0.4 is 5.32 Å². The molecule has 0 bridgehead atoms. The summed E-state index contributed by atoms with van der Waals surface area (Å²) in [4.78, 5) is 27.0. The highest BCUT2D eigenvalue weighted by molar-refractivity contribution is 5.97. The molecule has 2 amide bonds. The first-order valence-corrected chi connectivity index (χ1v) is 7.79. The molecule has 2 rings (SSSR count). The lowest BCUT2D eigenvalue weighted by atomic mass is 9.69. The summed E-state index contributed by atoms with van der Waals surface area (Å²) in [5.41, 5.74) is -0.0344. The van der Waals surface area contributed by atoms with E-state index in [4.69, 9.17) is 0 Å². The van der Waals surface area contributed by atoms with E-state index in [0.717, 1.165) is 19.4 Å². The number of hydrogen-bond donors (Lipinski definition) is 1. The van der Waals surface area contributed by atoms with Gasteiger partial charge >= 0.3 is 0 Å². The molecule has 1 aliphatic carbocycles. The Balaban J connectivity index is 2.23. The summed E-state index contributed by atoms with van der Waals surface area (Å²) in [6.07, 6.45) is 4.25. The lowest BCUT2D eigenvalue weighted by molar-refractivity contribution is -0.155. The minimum Gasteiger partial charge on any atom is -0.342 e. The molecule has 0 radical (unpaired) electrons. The van der Waals surface area contributed by atoms with Crippen LogP contribution in [0.2, 0.25) is 0 Å². The number of hydrogen-bond acceptors (Lipinski definition) is 2. The molecule has 0 aromatic heterocycles. The van der Waals surface area contributed by atoms with Gasteiger partial charge in [0.25, 0.3) is 0 Å². The fourth-order valence-electron chi connectivity index (χ4n) is 3.29. The first kappa shape index (κ1) is 15.3. The molecule has 1 saturated carbocycles. The van der Waals surface area contributed by atoms with Crippen LogP contribution in [0.4, 0.5) is 0 Å². The molecule has 2 atom stereocenters. The van der Waals surface area contributed by atoms with E-state index in [0.29, 0.717) is 6.42 Å². The van der Waals surface area contributed by atoms with Gasteiger partial charge in [-0.1, -0.05) is 41.0 Å². The van der Waals surface area contributed by atoms with Gasteiger partial charge in [0, 0.05) is 6.54 Å². The summed E-state index contributed by atoms with van der Waals surface area (Å²) in [6, 6.07) is -0.694. The third kappa shape index (κ3) is 2.70. The average molecular weight is 280 g/mol. The molecule has 20 heavy (non-hydrogen) atoms. The van der Waals surface area contributed by atoms with Crippen LogP contribution >= 0.6 is 0 Å². The van der Waals surface area contributed by atoms with Crippen molar-refractivity contribution in [2.75, 3.05) is 6.54 Å². The minimum atomic E-state index is -0.401. The van der Waals surface area contributed by atoms with Crippen LogP contribution in [0.15, 0.2) is 0 Å². The molecule has 114 valence electrons. The van der Waals surface area contributed by atoms with Crippen molar-refractivity contribution < 1.29 is 9.59 Å². The Morgan fingerprint density at radius 2 is 1.90 bits per heavy atom. The van der Waals surface area contributed by atoms with Crippen molar-refractivity contribution in [3.63, 3.8) is 0 Å². The average Bonchev–Trinajstić information content (AvgIpc) is 2.30. The predicted octanol–water partition coefficient (Wildman–Crippen LogP) is 2.33. The van der Waals surface area contributed by atoms with E-state index in [1.807, 2.05) is 32.6 Å². The van der Waals surface area contributed by atoms with Crippen LogP contribution in [-0.2, 0) is 9.59 Å². The monoisotopic (exact) mass is 280 g/mol. The van der Waals surface area contributed by atoms with Gasteiger partial charge < -0.3 is 10.2 Å². The number of rotatable bonds is 3. The first-order valence-electron chi connectivity index (χ1n) is 7.79. The molecule has 1 N–H and O–H groups in total. The maximum Gasteiger partial charge on any atom is 0.246 e. The molecule has 2 aliphatic rings. The molecule has 4 heteroatoms. The van der Waals surface area contributed by atoms with Gasteiger partial charge in [0.15, 0.2) is 0 Å². The third-order valence-electron chi connectivity index (χ3n) is 4.86. The van der Waals surface area contributed by atoms with E-state index < -0.39 is 6.04 Å². The van der Waals surface area contributed by atoms with Gasteiger partial charge in [-0.15, -0.1) is 0 Å². The summed E-state index contributed by atoms with van der Waals surface area (Å²) in [5.74, 6) is 0.104. The highest BCUT2D eigenvalue weighted by Crippen LogP contribution is 2.42. The van der Waals surface area contributed by atoms with Crippen molar-refractivity contribution >= 4 is 11.8 Å². The third-order valence-corrected chi connectivity index (χ3v) is 4.86. The van der Waals surface area contributed by atoms with Gasteiger partial charge in [-0.3, -0.25) is 9.59 Å². The molecule has 4 nitrogen and oxygen atoms in total. The van der Waals surface area contributed by atoms with Crippen LogP contribution in [0.1, 0.15) is 60.3 Å². The molecule has 2 unspecified atom stereocenters. The van der Waals surface area contributed by atoms with Crippen LogP contribution in [0.25, 0.3) is 0 Å². The number of carbonyl (C=O) groups is 2. The number of piperazine rings is 1. The Morgan fingerprint density at radius 3 is 2.30 bits per heavy atom. The van der Waals surface area contributed by atoms with Crippen molar-refractivity contribution in [2.24, 2.45) is 10.8 Å². The fraction of sp³-hybridized carbons (Fsp3) is 0.875. The Kier molecular flexibility index (Phi) is 3.87. The standard InChI is InChI=1S/C16H28N2O2/c1-6-11-13(19)17-12(15(2,3)4)14(20)18(11)10-16(5)8-7-9-16/h11-12H,6-10H2,1-5H3,(H,17,19). The highest BCUT2D eigenvalue weighted by Gasteiger charge is 2.47. The zero-order valence-corrected chi connectivity index (χ0v) is 13.5. The van der Waals surface area contributed by atoms with Crippen LogP contribution in [-0.4, -0.2) is 35.3 Å². The molecular weight excluding hydrogens is 252 g/mol. The molecule has 0 spiro atoms. The van der Waals surface area contributed by atoms with Gasteiger partial charge in [-0.2, -0.15) is 0 Å². The molecule has 2 fully saturated rings. The number of carbonyl (C=O) groups excluding carboxylic acids is 2. The number of amides is 2. The number of nitrogens with zero attached hydrogens (tertiary/aromatic N) is 1. The van der Waals surface area contributed by atoms with E-state index in [1.54, 1.807) is 0 Å². The largest absolute Gasteiger partial charge is 0.342 e. The van der Waals surface area contributed by atoms with Crippen molar-refractivity contribution in [2.45, 2.75) is 72.4 Å². The van der Waals surface area contributed by atoms with Gasteiger partial charge in [0.1, 0.15) is 12.1 Å². The molecule has 0 aromatic rings. The topological polar surface area (TPSA) is 49.4 Å². The Labute approximate surface area is 122 Å². The smallest absolute Gasteiger partial charge is 0.246 e. The lowest BCUT2D eigenvalue weighted by Gasteiger charge is -2.48. The van der Waals surface area contributed by atoms with Crippen molar-refractivity contribution in [1.29, 1.82) is 0 Å². The van der Waals surface area contributed by atoms with E-state index in [9.17, 15) is 9.59 Å². The van der Waals surface area contributed by atoms with E-state index in [2.05, 4.69) is 12.2 Å². The minimum absolute atomic E-state index is 0.00921. The quantitative estimate of drug-likeness (QED) is 0.862. The zero-order valence-electron chi connectivity index (χ0n) is 13.5. The summed E-state index contributed by atoms with van der Waals surface area (Å²) < 4.78 is 0. The predicted molar refractivity (Wildman–Crippen MR) is 79.1 cm³/mol. The lowest BCUT2D eigenvalue weighted by Crippen LogP contribution is -2.67. The number of nitrogens with one attached hydrogen (secondary N) is 1. The molecule has 0 aromatic carbocycles. The maximum atomic E-state index is 12.8. The fourth-order valence-corrected chi connectivity index (χ4v) is 3.29. The van der Waals surface area contributed by atoms with Crippen LogP contribution in [0, 0.1) is 10.8 Å². The highest BCUT2D eigenvalue weighted by atomic mass is 16.2. The Hall–Kier alpha value is -1.06. The molecule has 1 heterocycles. The van der Waals surface area contributed by atoms with Gasteiger partial charge in [-0.25, -0.2) is 0 Å². The van der Waals surface area contributed by atoms with Crippen molar-refractivity contribution in [3.05, 3.63) is 0 Å². The second-order valence-electron chi connectivity index (χ2n) is 7.86. The van der Waals surface area contributed by atoms with Crippen LogP contribution in [0.5, 0.6) is 0 Å². The van der Waals surface area contributed by atoms with Gasteiger partial charge in [0.2, 0.25) is 11.8 Å². The summed E-state index contributed by atoms with van der Waals surface area (Å²) in [6.45, 7) is 11.0. The van der Waals surface area contributed by atoms with Gasteiger partial charge in [0.05, 0.1) is 0 Å². The second kappa shape index (κ2) is 5.05. The normalized spacial score (nSPS) is 29.9. The Bertz CT molecular complexity index is 407.